The first-order chi connectivity index (χ1) is 12.4. The number of hydrogen-bond donors (Lipinski definition) is 2. The van der Waals surface area contributed by atoms with Crippen molar-refractivity contribution in [2.24, 2.45) is 11.8 Å². The fraction of sp³-hybridized carbons (Fsp3) is 0.550. The van der Waals surface area contributed by atoms with Crippen LogP contribution in [0.25, 0.3) is 0 Å². The zero-order valence-electron chi connectivity index (χ0n) is 15.4. The Morgan fingerprint density at radius 3 is 2.54 bits per heavy atom. The molecule has 1 aromatic rings. The van der Waals surface area contributed by atoms with Crippen LogP contribution >= 0.6 is 0 Å². The Kier molecular flexibility index (Phi) is 7.33. The lowest BCUT2D eigenvalue weighted by molar-refractivity contribution is -0.145. The summed E-state index contributed by atoms with van der Waals surface area (Å²) in [6.45, 7) is 5.01. The summed E-state index contributed by atoms with van der Waals surface area (Å²) in [5.41, 5.74) is 2.54. The van der Waals surface area contributed by atoms with Crippen LogP contribution in [0.2, 0.25) is 0 Å². The molecule has 1 aliphatic heterocycles. The Hall–Kier alpha value is -2.21. The predicted octanol–water partition coefficient (Wildman–Crippen LogP) is 2.51. The molecule has 1 fully saturated rings. The van der Waals surface area contributed by atoms with Crippen molar-refractivity contribution >= 4 is 17.7 Å². The Balaban J connectivity index is 1.82. The normalized spacial score (nSPS) is 16.1. The van der Waals surface area contributed by atoms with Crippen molar-refractivity contribution in [2.75, 3.05) is 19.8 Å². The molecule has 0 aromatic heterocycles. The van der Waals surface area contributed by atoms with Crippen LogP contribution in [-0.4, -0.2) is 42.5 Å². The van der Waals surface area contributed by atoms with E-state index >= 15 is 0 Å². The molecule has 1 amide bonds. The number of carbonyl (C=O) groups is 3. The van der Waals surface area contributed by atoms with Crippen LogP contribution in [0.1, 0.15) is 47.2 Å². The Bertz CT molecular complexity index is 664. The smallest absolute Gasteiger partial charge is 0.308 e. The van der Waals surface area contributed by atoms with E-state index in [0.717, 1.165) is 11.1 Å². The summed E-state index contributed by atoms with van der Waals surface area (Å²) < 4.78 is 5.26. The second-order valence-corrected chi connectivity index (χ2v) is 6.94. The number of carboxylic acid groups (broad SMARTS) is 1. The fourth-order valence-electron chi connectivity index (χ4n) is 3.28. The van der Waals surface area contributed by atoms with Gasteiger partial charge in [0.25, 0.3) is 0 Å². The topological polar surface area (TPSA) is 92.7 Å². The van der Waals surface area contributed by atoms with Gasteiger partial charge in [-0.05, 0) is 44.2 Å². The minimum Gasteiger partial charge on any atom is -0.481 e. The molecule has 1 unspecified atom stereocenters. The largest absolute Gasteiger partial charge is 0.481 e. The Morgan fingerprint density at radius 1 is 1.19 bits per heavy atom. The molecule has 1 aromatic carbocycles. The summed E-state index contributed by atoms with van der Waals surface area (Å²) in [5, 5.41) is 12.1. The number of rotatable bonds is 8. The van der Waals surface area contributed by atoms with Gasteiger partial charge in [0, 0.05) is 38.2 Å². The number of amides is 1. The van der Waals surface area contributed by atoms with E-state index < -0.39 is 11.9 Å². The van der Waals surface area contributed by atoms with Gasteiger partial charge in [0.15, 0.2) is 5.78 Å². The van der Waals surface area contributed by atoms with Crippen LogP contribution < -0.4 is 5.32 Å². The standard InChI is InChI=1S/C20H27NO5/c1-13-3-4-14(2)16(11-13)18(22)5-6-19(23)21-12-17(20(24)25)15-7-9-26-10-8-15/h3-4,11,15,17H,5-10,12H2,1-2H3,(H,21,23)(H,24,25). The van der Waals surface area contributed by atoms with Crippen molar-refractivity contribution in [1.29, 1.82) is 0 Å². The molecule has 1 heterocycles. The van der Waals surface area contributed by atoms with Crippen LogP contribution in [0.5, 0.6) is 0 Å². The highest BCUT2D eigenvalue weighted by Gasteiger charge is 2.30. The molecule has 1 saturated heterocycles. The van der Waals surface area contributed by atoms with Gasteiger partial charge >= 0.3 is 5.97 Å². The van der Waals surface area contributed by atoms with Crippen molar-refractivity contribution in [3.63, 3.8) is 0 Å². The number of aliphatic carboxylic acids is 1. The molecule has 0 spiro atoms. The van der Waals surface area contributed by atoms with Gasteiger partial charge in [0.1, 0.15) is 0 Å². The molecular formula is C20H27NO5. The van der Waals surface area contributed by atoms with Gasteiger partial charge < -0.3 is 15.2 Å². The van der Waals surface area contributed by atoms with Crippen molar-refractivity contribution in [1.82, 2.24) is 5.32 Å². The van der Waals surface area contributed by atoms with Gasteiger partial charge in [0.2, 0.25) is 5.91 Å². The quantitative estimate of drug-likeness (QED) is 0.694. The molecule has 0 bridgehead atoms. The number of aryl methyl sites for hydroxylation is 2. The third-order valence-electron chi connectivity index (χ3n) is 4.94. The summed E-state index contributed by atoms with van der Waals surface area (Å²) in [4.78, 5) is 35.9. The second kappa shape index (κ2) is 9.48. The third-order valence-corrected chi connectivity index (χ3v) is 4.94. The number of carboxylic acids is 1. The molecule has 1 aliphatic rings. The molecule has 6 heteroatoms. The lowest BCUT2D eigenvalue weighted by Crippen LogP contribution is -2.39. The van der Waals surface area contributed by atoms with Gasteiger partial charge in [-0.15, -0.1) is 0 Å². The number of hydrogen-bond acceptors (Lipinski definition) is 4. The minimum atomic E-state index is -0.899. The Morgan fingerprint density at radius 2 is 1.88 bits per heavy atom. The van der Waals surface area contributed by atoms with Gasteiger partial charge in [0.05, 0.1) is 5.92 Å². The third kappa shape index (κ3) is 5.66. The van der Waals surface area contributed by atoms with E-state index in [0.29, 0.717) is 31.6 Å². The average Bonchev–Trinajstić information content (AvgIpc) is 2.62. The number of benzene rings is 1. The number of ketones is 1. The second-order valence-electron chi connectivity index (χ2n) is 6.94. The van der Waals surface area contributed by atoms with E-state index in [9.17, 15) is 19.5 Å². The highest BCUT2D eigenvalue weighted by Crippen LogP contribution is 2.23. The first-order valence-electron chi connectivity index (χ1n) is 9.06. The van der Waals surface area contributed by atoms with Crippen molar-refractivity contribution < 1.29 is 24.2 Å². The summed E-state index contributed by atoms with van der Waals surface area (Å²) in [6.07, 6.45) is 1.56. The number of Topliss-reactive ketones (excluding diaryl/α,β-unsaturated/α-hetero) is 1. The van der Waals surface area contributed by atoms with Crippen LogP contribution in [0, 0.1) is 25.7 Å². The summed E-state index contributed by atoms with van der Waals surface area (Å²) in [7, 11) is 0. The zero-order chi connectivity index (χ0) is 19.1. The van der Waals surface area contributed by atoms with E-state index in [1.165, 1.54) is 0 Å². The molecule has 142 valence electrons. The fourth-order valence-corrected chi connectivity index (χ4v) is 3.28. The lowest BCUT2D eigenvalue weighted by Gasteiger charge is -2.27. The number of ether oxygens (including phenoxy) is 1. The van der Waals surface area contributed by atoms with Gasteiger partial charge in [-0.25, -0.2) is 0 Å². The lowest BCUT2D eigenvalue weighted by atomic mass is 9.86. The van der Waals surface area contributed by atoms with Crippen LogP contribution in [0.15, 0.2) is 18.2 Å². The molecular weight excluding hydrogens is 334 g/mol. The molecule has 0 radical (unpaired) electrons. The summed E-state index contributed by atoms with van der Waals surface area (Å²) >= 11 is 0. The monoisotopic (exact) mass is 361 g/mol. The first-order valence-corrected chi connectivity index (χ1v) is 9.06. The van der Waals surface area contributed by atoms with E-state index in [1.807, 2.05) is 32.0 Å². The van der Waals surface area contributed by atoms with E-state index in [-0.39, 0.29) is 37.0 Å². The average molecular weight is 361 g/mol. The van der Waals surface area contributed by atoms with Gasteiger partial charge in [-0.2, -0.15) is 0 Å². The number of nitrogens with one attached hydrogen (secondary N) is 1. The van der Waals surface area contributed by atoms with E-state index in [1.54, 1.807) is 0 Å². The maximum atomic E-state index is 12.3. The Labute approximate surface area is 153 Å². The molecule has 26 heavy (non-hydrogen) atoms. The molecule has 6 nitrogen and oxygen atoms in total. The molecule has 2 rings (SSSR count). The molecule has 1 atom stereocenters. The highest BCUT2D eigenvalue weighted by atomic mass is 16.5. The summed E-state index contributed by atoms with van der Waals surface area (Å²) in [6, 6.07) is 5.68. The van der Waals surface area contributed by atoms with Crippen molar-refractivity contribution in [3.8, 4) is 0 Å². The van der Waals surface area contributed by atoms with Crippen LogP contribution in [0.3, 0.4) is 0 Å². The maximum Gasteiger partial charge on any atom is 0.308 e. The van der Waals surface area contributed by atoms with Crippen molar-refractivity contribution in [2.45, 2.75) is 39.5 Å². The summed E-state index contributed by atoms with van der Waals surface area (Å²) in [5.74, 6) is -1.86. The van der Waals surface area contributed by atoms with Crippen LogP contribution in [0.4, 0.5) is 0 Å². The van der Waals surface area contributed by atoms with E-state index in [2.05, 4.69) is 5.32 Å². The SMILES string of the molecule is Cc1ccc(C)c(C(=O)CCC(=O)NCC(C(=O)O)C2CCOCC2)c1. The van der Waals surface area contributed by atoms with Crippen LogP contribution in [-0.2, 0) is 14.3 Å². The van der Waals surface area contributed by atoms with Gasteiger partial charge in [-0.1, -0.05) is 17.7 Å². The first kappa shape index (κ1) is 20.1. The van der Waals surface area contributed by atoms with E-state index in [4.69, 9.17) is 4.74 Å². The predicted molar refractivity (Wildman–Crippen MR) is 97.2 cm³/mol. The number of carbonyl (C=O) groups excluding carboxylic acids is 2. The van der Waals surface area contributed by atoms with Crippen molar-refractivity contribution in [3.05, 3.63) is 34.9 Å². The molecule has 0 saturated carbocycles. The zero-order valence-corrected chi connectivity index (χ0v) is 15.4. The molecule has 2 N–H and O–H groups in total. The maximum absolute atomic E-state index is 12.3. The minimum absolute atomic E-state index is 0.0122. The molecule has 0 aliphatic carbocycles. The van der Waals surface area contributed by atoms with Gasteiger partial charge in [-0.3, -0.25) is 14.4 Å². The highest BCUT2D eigenvalue weighted by molar-refractivity contribution is 5.99.